The van der Waals surface area contributed by atoms with Gasteiger partial charge in [-0.05, 0) is 75.6 Å². The highest BCUT2D eigenvalue weighted by Crippen LogP contribution is 2.38. The lowest BCUT2D eigenvalue weighted by Gasteiger charge is -2.28. The van der Waals surface area contributed by atoms with E-state index in [1.165, 1.54) is 0 Å². The summed E-state index contributed by atoms with van der Waals surface area (Å²) >= 11 is 6.05. The fraction of sp³-hybridized carbons (Fsp3) is 0.308. The van der Waals surface area contributed by atoms with E-state index in [0.29, 0.717) is 21.7 Å². The van der Waals surface area contributed by atoms with Crippen LogP contribution in [0.2, 0.25) is 5.02 Å². The Balaban J connectivity index is 2.15. The predicted octanol–water partition coefficient (Wildman–Crippen LogP) is 6.63. The van der Waals surface area contributed by atoms with Gasteiger partial charge < -0.3 is 15.2 Å². The molecule has 0 spiro atoms. The minimum absolute atomic E-state index is 0.0356. The maximum atomic E-state index is 13.2. The van der Waals surface area contributed by atoms with Crippen molar-refractivity contribution in [2.24, 2.45) is 0 Å². The van der Waals surface area contributed by atoms with Crippen molar-refractivity contribution in [1.82, 2.24) is 9.97 Å². The molecule has 0 fully saturated rings. The van der Waals surface area contributed by atoms with Gasteiger partial charge in [-0.15, -0.1) is 0 Å². The van der Waals surface area contributed by atoms with Gasteiger partial charge >= 0.3 is 12.1 Å². The first-order chi connectivity index (χ1) is 17.1. The number of hydrogen-bond acceptors (Lipinski definition) is 5. The molecule has 2 aromatic heterocycles. The highest BCUT2D eigenvalue weighted by molar-refractivity contribution is 6.30. The van der Waals surface area contributed by atoms with Gasteiger partial charge in [0, 0.05) is 16.3 Å². The van der Waals surface area contributed by atoms with Crippen LogP contribution in [0.15, 0.2) is 42.6 Å². The largest absolute Gasteiger partial charge is 0.479 e. The summed E-state index contributed by atoms with van der Waals surface area (Å²) in [6, 6.07) is 8.47. The van der Waals surface area contributed by atoms with Crippen molar-refractivity contribution < 1.29 is 32.6 Å². The molecule has 0 bridgehead atoms. The number of amides is 1. The van der Waals surface area contributed by atoms with Gasteiger partial charge in [-0.2, -0.15) is 13.2 Å². The van der Waals surface area contributed by atoms with Crippen molar-refractivity contribution in [3.63, 3.8) is 0 Å². The molecule has 11 heteroatoms. The van der Waals surface area contributed by atoms with E-state index in [4.69, 9.17) is 16.3 Å². The minimum Gasteiger partial charge on any atom is -0.479 e. The third-order valence-electron chi connectivity index (χ3n) is 5.29. The Morgan fingerprint density at radius 1 is 1.05 bits per heavy atom. The third kappa shape index (κ3) is 6.64. The summed E-state index contributed by atoms with van der Waals surface area (Å²) in [5.41, 5.74) is -0.0374. The summed E-state index contributed by atoms with van der Waals surface area (Å²) in [5, 5.41) is 13.0. The van der Waals surface area contributed by atoms with Crippen molar-refractivity contribution in [1.29, 1.82) is 0 Å². The maximum absolute atomic E-state index is 13.2. The standard InChI is InChI=1S/C26H25ClF3N3O4/c1-13-19(15-6-8-16(27)9-7-15)20(22(24(35)36)37-25(3,4)5)14(2)32-21(13)23(34)33-17-10-11-18(31-12-17)26(28,29)30/h6-12,22H,1-5H3,(H,33,34)(H,35,36)/t22-/m0/s1. The number of benzene rings is 1. The van der Waals surface area contributed by atoms with E-state index in [-0.39, 0.29) is 22.6 Å². The van der Waals surface area contributed by atoms with Crippen LogP contribution in [-0.4, -0.2) is 32.6 Å². The number of aryl methyl sites for hydroxylation is 1. The highest BCUT2D eigenvalue weighted by atomic mass is 35.5. The zero-order valence-electron chi connectivity index (χ0n) is 20.7. The van der Waals surface area contributed by atoms with Gasteiger partial charge in [0.1, 0.15) is 11.4 Å². The molecule has 1 aromatic carbocycles. The Kier molecular flexibility index (Phi) is 7.94. The Labute approximate surface area is 216 Å². The molecule has 0 aliphatic rings. The van der Waals surface area contributed by atoms with E-state index in [1.54, 1.807) is 58.9 Å². The number of nitrogens with one attached hydrogen (secondary N) is 1. The van der Waals surface area contributed by atoms with Crippen LogP contribution in [0, 0.1) is 13.8 Å². The van der Waals surface area contributed by atoms with E-state index < -0.39 is 35.5 Å². The molecule has 0 aliphatic heterocycles. The number of rotatable bonds is 6. The molecule has 0 saturated heterocycles. The van der Waals surface area contributed by atoms with E-state index in [0.717, 1.165) is 18.3 Å². The molecule has 2 N–H and O–H groups in total. The van der Waals surface area contributed by atoms with Crippen LogP contribution in [0.1, 0.15) is 59.9 Å². The fourth-order valence-electron chi connectivity index (χ4n) is 3.76. The van der Waals surface area contributed by atoms with Gasteiger partial charge in [0.15, 0.2) is 6.10 Å². The minimum atomic E-state index is -4.61. The summed E-state index contributed by atoms with van der Waals surface area (Å²) in [4.78, 5) is 33.2. The lowest BCUT2D eigenvalue weighted by molar-refractivity contribution is -0.160. The molecule has 3 aromatic rings. The first-order valence-electron chi connectivity index (χ1n) is 11.1. The first kappa shape index (κ1) is 28.1. The van der Waals surface area contributed by atoms with Crippen LogP contribution in [0.5, 0.6) is 0 Å². The van der Waals surface area contributed by atoms with Crippen molar-refractivity contribution in [3.8, 4) is 11.1 Å². The number of anilines is 1. The number of carboxylic acids is 1. The number of carbonyl (C=O) groups excluding carboxylic acids is 1. The van der Waals surface area contributed by atoms with Crippen molar-refractivity contribution in [2.75, 3.05) is 5.32 Å². The molecule has 0 radical (unpaired) electrons. The van der Waals surface area contributed by atoms with Crippen molar-refractivity contribution in [3.05, 3.63) is 75.8 Å². The Bertz CT molecular complexity index is 1320. The number of alkyl halides is 3. The molecule has 0 saturated carbocycles. The summed E-state index contributed by atoms with van der Waals surface area (Å²) in [7, 11) is 0. The number of carboxylic acid groups (broad SMARTS) is 1. The molecule has 0 aliphatic carbocycles. The van der Waals surface area contributed by atoms with Gasteiger partial charge in [0.05, 0.1) is 17.5 Å². The number of aliphatic carboxylic acids is 1. The summed E-state index contributed by atoms with van der Waals surface area (Å²) in [6.45, 7) is 8.34. The quantitative estimate of drug-likeness (QED) is 0.367. The van der Waals surface area contributed by atoms with Gasteiger partial charge in [-0.3, -0.25) is 4.79 Å². The second-order valence-corrected chi connectivity index (χ2v) is 9.74. The topological polar surface area (TPSA) is 101 Å². The van der Waals surface area contributed by atoms with Gasteiger partial charge in [0.25, 0.3) is 5.91 Å². The molecule has 196 valence electrons. The van der Waals surface area contributed by atoms with Gasteiger partial charge in [0.2, 0.25) is 0 Å². The second-order valence-electron chi connectivity index (χ2n) is 9.30. The van der Waals surface area contributed by atoms with E-state index in [9.17, 15) is 27.9 Å². The molecule has 3 rings (SSSR count). The third-order valence-corrected chi connectivity index (χ3v) is 5.54. The molecule has 7 nitrogen and oxygen atoms in total. The molecular formula is C26H25ClF3N3O4. The number of aromatic nitrogens is 2. The van der Waals surface area contributed by atoms with Crippen LogP contribution >= 0.6 is 11.6 Å². The molecular weight excluding hydrogens is 511 g/mol. The molecule has 37 heavy (non-hydrogen) atoms. The van der Waals surface area contributed by atoms with Crippen LogP contribution < -0.4 is 5.32 Å². The number of hydrogen-bond donors (Lipinski definition) is 2. The molecule has 0 unspecified atom stereocenters. The van der Waals surface area contributed by atoms with Crippen molar-refractivity contribution in [2.45, 2.75) is 52.5 Å². The SMILES string of the molecule is Cc1nc(C(=O)Nc2ccc(C(F)(F)F)nc2)c(C)c(-c2ccc(Cl)cc2)c1[C@H](OC(C)(C)C)C(=O)O. The van der Waals surface area contributed by atoms with Crippen molar-refractivity contribution >= 4 is 29.2 Å². The summed E-state index contributed by atoms with van der Waals surface area (Å²) in [5.74, 6) is -1.94. The van der Waals surface area contributed by atoms with Crippen LogP contribution in [0.3, 0.4) is 0 Å². The Morgan fingerprint density at radius 2 is 1.68 bits per heavy atom. The molecule has 1 amide bonds. The van der Waals surface area contributed by atoms with E-state index in [2.05, 4.69) is 15.3 Å². The Morgan fingerprint density at radius 3 is 2.16 bits per heavy atom. The van der Waals surface area contributed by atoms with Gasteiger partial charge in [-0.25, -0.2) is 14.8 Å². The summed E-state index contributed by atoms with van der Waals surface area (Å²) < 4.78 is 44.3. The normalized spacial score (nSPS) is 12.8. The first-order valence-corrected chi connectivity index (χ1v) is 11.5. The number of nitrogens with zero attached hydrogens (tertiary/aromatic N) is 2. The van der Waals surface area contributed by atoms with Crippen LogP contribution in [0.4, 0.5) is 18.9 Å². The van der Waals surface area contributed by atoms with E-state index in [1.807, 2.05) is 0 Å². The van der Waals surface area contributed by atoms with Gasteiger partial charge in [-0.1, -0.05) is 23.7 Å². The second kappa shape index (κ2) is 10.5. The lowest BCUT2D eigenvalue weighted by atomic mass is 9.89. The average Bonchev–Trinajstić information content (AvgIpc) is 2.78. The number of ether oxygens (including phenoxy) is 1. The zero-order valence-corrected chi connectivity index (χ0v) is 21.5. The maximum Gasteiger partial charge on any atom is 0.433 e. The smallest absolute Gasteiger partial charge is 0.433 e. The van der Waals surface area contributed by atoms with Crippen LogP contribution in [-0.2, 0) is 15.7 Å². The van der Waals surface area contributed by atoms with Crippen LogP contribution in [0.25, 0.3) is 11.1 Å². The Hall–Kier alpha value is -3.50. The fourth-order valence-corrected chi connectivity index (χ4v) is 3.88. The molecule has 2 heterocycles. The lowest BCUT2D eigenvalue weighted by Crippen LogP contribution is -2.29. The summed E-state index contributed by atoms with van der Waals surface area (Å²) in [6.07, 6.45) is -5.11. The average molecular weight is 536 g/mol. The highest BCUT2D eigenvalue weighted by Gasteiger charge is 2.34. The number of pyridine rings is 2. The predicted molar refractivity (Wildman–Crippen MR) is 133 cm³/mol. The number of carbonyl (C=O) groups is 2. The number of halogens is 4. The molecule has 1 atom stereocenters. The van der Waals surface area contributed by atoms with E-state index >= 15 is 0 Å². The zero-order chi connectivity index (χ0) is 27.7. The monoisotopic (exact) mass is 535 g/mol.